The third-order valence-electron chi connectivity index (χ3n) is 0.175. The zero-order chi connectivity index (χ0) is 5.15. The summed E-state index contributed by atoms with van der Waals surface area (Å²) in [5.74, 6) is -4.01. The maximum atomic E-state index is 9.04. The second-order valence-electron chi connectivity index (χ2n) is 0.593. The van der Waals surface area contributed by atoms with Crippen LogP contribution in [0.2, 0.25) is 0 Å². The monoisotopic (exact) mass is 147 g/mol. The van der Waals surface area contributed by atoms with Crippen molar-refractivity contribution in [3.8, 4) is 0 Å². The number of carboxylic acid groups (broad SMARTS) is 2. The Balaban J connectivity index is -0.0000000417. The number of hydrogen-bond donors (Lipinski definition) is 2. The van der Waals surface area contributed by atoms with E-state index in [4.69, 9.17) is 19.8 Å². The van der Waals surface area contributed by atoms with Crippen LogP contribution in [0.15, 0.2) is 0 Å². The van der Waals surface area contributed by atoms with Gasteiger partial charge in [0.2, 0.25) is 0 Å². The van der Waals surface area contributed by atoms with Crippen molar-refractivity contribution in [3.05, 3.63) is 0 Å². The first-order chi connectivity index (χ1) is 2.64. The van der Waals surface area contributed by atoms with Gasteiger partial charge in [-0.2, -0.15) is 0 Å². The summed E-state index contributed by atoms with van der Waals surface area (Å²) in [6.45, 7) is 0. The third kappa shape index (κ3) is 18.1. The third-order valence-corrected chi connectivity index (χ3v) is 0.175. The molecule has 0 amide bonds. The molecular formula is C2H6NNaO5. The average molecular weight is 147 g/mol. The number of carbonyl (C=O) groups is 2. The predicted molar refractivity (Wildman–Crippen MR) is 20.6 cm³/mol. The fraction of sp³-hybridized carbons (Fsp3) is 0. The van der Waals surface area contributed by atoms with Gasteiger partial charge in [-0.05, 0) is 0 Å². The largest absolute Gasteiger partial charge is 1.00 e. The van der Waals surface area contributed by atoms with Crippen molar-refractivity contribution in [2.24, 2.45) is 0 Å². The number of quaternary nitrogens is 1. The topological polar surface area (TPSA) is 144 Å². The molecule has 0 heterocycles. The summed E-state index contributed by atoms with van der Waals surface area (Å²) in [5, 5.41) is 16.3. The molecule has 0 fully saturated rings. The fourth-order valence-electron chi connectivity index (χ4n) is 0. The Morgan fingerprint density at radius 3 is 1.44 bits per heavy atom. The van der Waals surface area contributed by atoms with Crippen molar-refractivity contribution >= 4 is 11.9 Å². The smallest absolute Gasteiger partial charge is 0.870 e. The van der Waals surface area contributed by atoms with E-state index in [1.807, 2.05) is 0 Å². The first-order valence-corrected chi connectivity index (χ1v) is 1.09. The number of hydrogen-bond acceptors (Lipinski definition) is 4. The minimum Gasteiger partial charge on any atom is -0.870 e. The molecule has 6 nitrogen and oxygen atoms in total. The molecule has 0 aliphatic heterocycles. The molecule has 0 saturated heterocycles. The first-order valence-electron chi connectivity index (χ1n) is 1.09. The van der Waals surface area contributed by atoms with Gasteiger partial charge in [-0.25, -0.2) is 4.79 Å². The first kappa shape index (κ1) is 23.2. The van der Waals surface area contributed by atoms with Crippen molar-refractivity contribution < 1.29 is 54.8 Å². The molecule has 9 heavy (non-hydrogen) atoms. The van der Waals surface area contributed by atoms with Gasteiger partial charge in [0.25, 0.3) is 0 Å². The Morgan fingerprint density at radius 1 is 1.33 bits per heavy atom. The normalized spacial score (nSPS) is 4.89. The molecule has 0 bridgehead atoms. The second kappa shape index (κ2) is 10.8. The molecule has 0 rings (SSSR count). The molecule has 0 atom stereocenters. The van der Waals surface area contributed by atoms with Gasteiger partial charge in [0.05, 0.1) is 0 Å². The van der Waals surface area contributed by atoms with Crippen molar-refractivity contribution in [2.75, 3.05) is 0 Å². The molecule has 0 aromatic carbocycles. The van der Waals surface area contributed by atoms with E-state index in [2.05, 4.69) is 0 Å². The Bertz CT molecular complexity index is 81.0. The molecule has 50 valence electrons. The van der Waals surface area contributed by atoms with Gasteiger partial charge in [0.1, 0.15) is 0 Å². The Morgan fingerprint density at radius 2 is 1.44 bits per heavy atom. The Hall–Kier alpha value is -0.140. The van der Waals surface area contributed by atoms with Gasteiger partial charge < -0.3 is 26.6 Å². The summed E-state index contributed by atoms with van der Waals surface area (Å²) in [7, 11) is 0. The molecule has 0 saturated carbocycles. The maximum absolute atomic E-state index is 9.04. The van der Waals surface area contributed by atoms with Crippen LogP contribution >= 0.6 is 0 Å². The van der Waals surface area contributed by atoms with Crippen LogP contribution in [0.4, 0.5) is 0 Å². The van der Waals surface area contributed by atoms with E-state index < -0.39 is 11.9 Å². The number of aliphatic carboxylic acids is 2. The summed E-state index contributed by atoms with van der Waals surface area (Å²) < 4.78 is 0. The van der Waals surface area contributed by atoms with Gasteiger partial charge in [-0.1, -0.05) is 0 Å². The zero-order valence-electron chi connectivity index (χ0n) is 5.12. The molecule has 0 aliphatic rings. The molecular weight excluding hydrogens is 141 g/mol. The SMILES string of the molecule is O=C([O-])C(=O)O.[NH4+].[Na+].[OH-]. The van der Waals surface area contributed by atoms with Crippen molar-refractivity contribution in [3.63, 3.8) is 0 Å². The van der Waals surface area contributed by atoms with E-state index in [1.54, 1.807) is 0 Å². The Kier molecular flexibility index (Phi) is 27.7. The molecule has 6 N–H and O–H groups in total. The fourth-order valence-corrected chi connectivity index (χ4v) is 0. The van der Waals surface area contributed by atoms with Gasteiger partial charge in [-0.15, -0.1) is 0 Å². The summed E-state index contributed by atoms with van der Waals surface area (Å²) in [5.41, 5.74) is 0. The minimum absolute atomic E-state index is 0. The predicted octanol–water partition coefficient (Wildman–Crippen LogP) is -4.98. The van der Waals surface area contributed by atoms with Gasteiger partial charge in [-0.3, -0.25) is 0 Å². The van der Waals surface area contributed by atoms with Crippen LogP contribution in [0, 0.1) is 0 Å². The maximum Gasteiger partial charge on any atom is 1.00 e. The van der Waals surface area contributed by atoms with E-state index in [0.717, 1.165) is 0 Å². The van der Waals surface area contributed by atoms with Crippen LogP contribution < -0.4 is 40.8 Å². The van der Waals surface area contributed by atoms with E-state index in [0.29, 0.717) is 0 Å². The van der Waals surface area contributed by atoms with E-state index in [1.165, 1.54) is 0 Å². The van der Waals surface area contributed by atoms with E-state index >= 15 is 0 Å². The molecule has 0 aliphatic carbocycles. The summed E-state index contributed by atoms with van der Waals surface area (Å²) in [4.78, 5) is 18.0. The van der Waals surface area contributed by atoms with Crippen LogP contribution in [-0.4, -0.2) is 22.5 Å². The van der Waals surface area contributed by atoms with Crippen LogP contribution in [0.5, 0.6) is 0 Å². The zero-order valence-corrected chi connectivity index (χ0v) is 7.12. The summed E-state index contributed by atoms with van der Waals surface area (Å²) in [6, 6.07) is 0. The molecule has 0 radical (unpaired) electrons. The summed E-state index contributed by atoms with van der Waals surface area (Å²) >= 11 is 0. The van der Waals surface area contributed by atoms with Crippen molar-refractivity contribution in [1.29, 1.82) is 0 Å². The van der Waals surface area contributed by atoms with Crippen LogP contribution in [0.3, 0.4) is 0 Å². The van der Waals surface area contributed by atoms with Crippen LogP contribution in [-0.2, 0) is 9.59 Å². The van der Waals surface area contributed by atoms with Crippen molar-refractivity contribution in [1.82, 2.24) is 6.15 Å². The quantitative estimate of drug-likeness (QED) is 0.260. The average Bonchev–Trinajstić information content (AvgIpc) is 1.36. The number of rotatable bonds is 0. The van der Waals surface area contributed by atoms with Crippen molar-refractivity contribution in [2.45, 2.75) is 0 Å². The summed E-state index contributed by atoms with van der Waals surface area (Å²) in [6.07, 6.45) is 0. The van der Waals surface area contributed by atoms with Gasteiger partial charge in [0.15, 0.2) is 5.97 Å². The molecule has 0 spiro atoms. The standard InChI is InChI=1S/C2H2O4.H3N.Na.H2O/c3-1(4)2(5)6;;;/h(H,3,4)(H,5,6);1H3;;1H2/q;;+1;/p-1. The number of carbonyl (C=O) groups excluding carboxylic acids is 1. The minimum atomic E-state index is -2.07. The molecule has 0 aromatic rings. The van der Waals surface area contributed by atoms with E-state index in [9.17, 15) is 0 Å². The molecule has 0 unspecified atom stereocenters. The second-order valence-corrected chi connectivity index (χ2v) is 0.593. The van der Waals surface area contributed by atoms with Gasteiger partial charge >= 0.3 is 35.5 Å². The molecule has 0 aromatic heterocycles. The van der Waals surface area contributed by atoms with E-state index in [-0.39, 0.29) is 41.2 Å². The Labute approximate surface area is 73.0 Å². The van der Waals surface area contributed by atoms with Crippen LogP contribution in [0.25, 0.3) is 0 Å². The van der Waals surface area contributed by atoms with Crippen LogP contribution in [0.1, 0.15) is 0 Å². The number of carboxylic acids is 2. The van der Waals surface area contributed by atoms with Gasteiger partial charge in [0, 0.05) is 0 Å². The molecule has 7 heteroatoms.